The number of amides is 2. The average Bonchev–Trinajstić information content (AvgIpc) is 3.37. The highest BCUT2D eigenvalue weighted by molar-refractivity contribution is 6.01. The normalized spacial score (nSPS) is 20.3. The van der Waals surface area contributed by atoms with Crippen molar-refractivity contribution in [3.63, 3.8) is 0 Å². The molecule has 6 N–H and O–H groups in total. The van der Waals surface area contributed by atoms with Gasteiger partial charge in [-0.1, -0.05) is 18.9 Å². The van der Waals surface area contributed by atoms with Crippen molar-refractivity contribution >= 4 is 22.7 Å². The molecule has 0 spiro atoms. The maximum Gasteiger partial charge on any atom is 0.268 e. The van der Waals surface area contributed by atoms with Crippen LogP contribution in [0.5, 0.6) is 5.75 Å². The Hall–Kier alpha value is -3.59. The number of H-pyrrole nitrogens is 2. The third kappa shape index (κ3) is 4.23. The van der Waals surface area contributed by atoms with E-state index < -0.39 is 11.7 Å². The van der Waals surface area contributed by atoms with E-state index >= 15 is 0 Å². The van der Waals surface area contributed by atoms with Gasteiger partial charge in [0.15, 0.2) is 0 Å². The number of ether oxygens (including phenoxy) is 1. The minimum atomic E-state index is -1.06. The van der Waals surface area contributed by atoms with Crippen molar-refractivity contribution in [2.75, 3.05) is 7.11 Å². The standard InChI is InChI=1S/C24H27N5O4/c1-33-20-4-2-3-17-15(20)10-19(27-17)22(31)28-18(9-13-5-6-13)23(32)29-24(25)11-14-7-8-26-21(30)16(14)12-24/h2-4,7-8,10,13,18,27H,5-6,9,11-12,25H2,1H3,(H,26,30)(H,28,31)(H,29,32)/t18-,24-/m0/s1. The third-order valence-corrected chi connectivity index (χ3v) is 6.51. The Balaban J connectivity index is 1.32. The molecule has 1 saturated carbocycles. The number of nitrogens with two attached hydrogens (primary N) is 1. The number of hydrogen-bond donors (Lipinski definition) is 5. The van der Waals surface area contributed by atoms with Crippen LogP contribution in [0.25, 0.3) is 10.9 Å². The molecule has 2 heterocycles. The summed E-state index contributed by atoms with van der Waals surface area (Å²) in [5, 5.41) is 6.58. The van der Waals surface area contributed by atoms with Gasteiger partial charge in [-0.05, 0) is 42.2 Å². The molecule has 9 nitrogen and oxygen atoms in total. The number of methoxy groups -OCH3 is 1. The SMILES string of the molecule is COc1cccc2[nH]c(C(=O)N[C@@H](CC3CC3)C(=O)N[C@@]3(N)Cc4cc[nH]c(=O)c4C3)cc12. The van der Waals surface area contributed by atoms with Gasteiger partial charge in [0.05, 0.1) is 12.8 Å². The minimum absolute atomic E-state index is 0.189. The molecule has 3 aromatic rings. The maximum absolute atomic E-state index is 13.2. The summed E-state index contributed by atoms with van der Waals surface area (Å²) >= 11 is 0. The fraction of sp³-hybridized carbons (Fsp3) is 0.375. The summed E-state index contributed by atoms with van der Waals surface area (Å²) in [6, 6.07) is 8.34. The van der Waals surface area contributed by atoms with Gasteiger partial charge in [0, 0.05) is 35.5 Å². The van der Waals surface area contributed by atoms with Gasteiger partial charge in [-0.2, -0.15) is 0 Å². The number of carbonyl (C=O) groups excluding carboxylic acids is 2. The Kier molecular flexibility index (Phi) is 5.20. The van der Waals surface area contributed by atoms with Gasteiger partial charge < -0.3 is 31.1 Å². The number of aromatic amines is 2. The zero-order valence-corrected chi connectivity index (χ0v) is 18.4. The van der Waals surface area contributed by atoms with E-state index in [4.69, 9.17) is 10.5 Å². The van der Waals surface area contributed by atoms with Crippen molar-refractivity contribution in [2.45, 2.75) is 43.8 Å². The summed E-state index contributed by atoms with van der Waals surface area (Å²) in [5.41, 5.74) is 7.77. The van der Waals surface area contributed by atoms with Crippen LogP contribution >= 0.6 is 0 Å². The van der Waals surface area contributed by atoms with Crippen LogP contribution in [0.3, 0.4) is 0 Å². The first-order valence-electron chi connectivity index (χ1n) is 11.1. The molecule has 2 aromatic heterocycles. The lowest BCUT2D eigenvalue weighted by Crippen LogP contribution is -2.61. The number of rotatable bonds is 7. The minimum Gasteiger partial charge on any atom is -0.496 e. The van der Waals surface area contributed by atoms with Gasteiger partial charge in [-0.25, -0.2) is 0 Å². The Morgan fingerprint density at radius 3 is 2.82 bits per heavy atom. The number of nitrogens with one attached hydrogen (secondary N) is 4. The number of carbonyl (C=O) groups is 2. The molecule has 2 atom stereocenters. The first-order valence-corrected chi connectivity index (χ1v) is 11.1. The van der Waals surface area contributed by atoms with Gasteiger partial charge >= 0.3 is 0 Å². The molecule has 2 aliphatic rings. The second-order valence-electron chi connectivity index (χ2n) is 9.12. The molecule has 0 unspecified atom stereocenters. The summed E-state index contributed by atoms with van der Waals surface area (Å²) in [6.45, 7) is 0. The highest BCUT2D eigenvalue weighted by Crippen LogP contribution is 2.34. The molecule has 1 fully saturated rings. The number of hydrogen-bond acceptors (Lipinski definition) is 5. The first-order chi connectivity index (χ1) is 15.8. The molecule has 172 valence electrons. The van der Waals surface area contributed by atoms with Crippen molar-refractivity contribution in [2.24, 2.45) is 11.7 Å². The summed E-state index contributed by atoms with van der Waals surface area (Å²) < 4.78 is 5.37. The molecular formula is C24H27N5O4. The van der Waals surface area contributed by atoms with Crippen LogP contribution in [-0.2, 0) is 17.6 Å². The van der Waals surface area contributed by atoms with E-state index in [-0.39, 0.29) is 23.8 Å². The van der Waals surface area contributed by atoms with Gasteiger partial charge in [0.25, 0.3) is 11.5 Å². The van der Waals surface area contributed by atoms with Crippen molar-refractivity contribution in [3.8, 4) is 5.75 Å². The Labute approximate surface area is 190 Å². The molecule has 0 radical (unpaired) electrons. The Bertz CT molecular complexity index is 1290. The number of fused-ring (bicyclic) bond motifs is 2. The lowest BCUT2D eigenvalue weighted by atomic mass is 10.0. The zero-order chi connectivity index (χ0) is 23.2. The van der Waals surface area contributed by atoms with Crippen molar-refractivity contribution in [3.05, 3.63) is 63.7 Å². The van der Waals surface area contributed by atoms with Crippen LogP contribution in [0.1, 0.15) is 40.9 Å². The van der Waals surface area contributed by atoms with E-state index in [0.29, 0.717) is 35.8 Å². The van der Waals surface area contributed by atoms with Gasteiger partial charge in [0.1, 0.15) is 17.5 Å². The van der Waals surface area contributed by atoms with E-state index in [2.05, 4.69) is 20.6 Å². The predicted octanol–water partition coefficient (Wildman–Crippen LogP) is 1.33. The topological polar surface area (TPSA) is 142 Å². The van der Waals surface area contributed by atoms with Crippen molar-refractivity contribution in [1.82, 2.24) is 20.6 Å². The molecule has 0 bridgehead atoms. The maximum atomic E-state index is 13.2. The molecule has 0 aliphatic heterocycles. The lowest BCUT2D eigenvalue weighted by Gasteiger charge is -2.28. The predicted molar refractivity (Wildman–Crippen MR) is 123 cm³/mol. The smallest absolute Gasteiger partial charge is 0.268 e. The highest BCUT2D eigenvalue weighted by Gasteiger charge is 2.39. The van der Waals surface area contributed by atoms with Crippen molar-refractivity contribution < 1.29 is 14.3 Å². The van der Waals surface area contributed by atoms with Crippen LogP contribution in [0.2, 0.25) is 0 Å². The average molecular weight is 450 g/mol. The van der Waals surface area contributed by atoms with E-state index in [9.17, 15) is 14.4 Å². The molecule has 2 aliphatic carbocycles. The molecule has 0 saturated heterocycles. The van der Waals surface area contributed by atoms with E-state index in [1.54, 1.807) is 19.4 Å². The zero-order valence-electron chi connectivity index (χ0n) is 18.4. The van der Waals surface area contributed by atoms with Gasteiger partial charge in [0.2, 0.25) is 5.91 Å². The lowest BCUT2D eigenvalue weighted by molar-refractivity contribution is -0.125. The van der Waals surface area contributed by atoms with Crippen LogP contribution in [0.15, 0.2) is 41.3 Å². The molecular weight excluding hydrogens is 422 g/mol. The summed E-state index contributed by atoms with van der Waals surface area (Å²) in [6.07, 6.45) is 4.82. The molecule has 5 rings (SSSR count). The van der Waals surface area contributed by atoms with Gasteiger partial charge in [-0.15, -0.1) is 0 Å². The number of pyridine rings is 1. The summed E-state index contributed by atoms with van der Waals surface area (Å²) in [7, 11) is 1.58. The third-order valence-electron chi connectivity index (χ3n) is 6.51. The molecule has 1 aromatic carbocycles. The Morgan fingerprint density at radius 1 is 1.27 bits per heavy atom. The van der Waals surface area contributed by atoms with E-state index in [0.717, 1.165) is 29.3 Å². The Morgan fingerprint density at radius 2 is 2.09 bits per heavy atom. The van der Waals surface area contributed by atoms with E-state index in [1.807, 2.05) is 24.3 Å². The number of benzene rings is 1. The molecule has 2 amide bonds. The summed E-state index contributed by atoms with van der Waals surface area (Å²) in [5.74, 6) is 0.360. The van der Waals surface area contributed by atoms with Crippen molar-refractivity contribution in [1.29, 1.82) is 0 Å². The van der Waals surface area contributed by atoms with Crippen LogP contribution in [0.4, 0.5) is 0 Å². The monoisotopic (exact) mass is 449 g/mol. The van der Waals surface area contributed by atoms with E-state index in [1.165, 1.54) is 0 Å². The van der Waals surface area contributed by atoms with Crippen LogP contribution in [0, 0.1) is 5.92 Å². The fourth-order valence-corrected chi connectivity index (χ4v) is 4.63. The highest BCUT2D eigenvalue weighted by atomic mass is 16.5. The molecule has 33 heavy (non-hydrogen) atoms. The second-order valence-corrected chi connectivity index (χ2v) is 9.12. The second kappa shape index (κ2) is 8.08. The summed E-state index contributed by atoms with van der Waals surface area (Å²) in [4.78, 5) is 44.1. The quantitative estimate of drug-likeness (QED) is 0.346. The van der Waals surface area contributed by atoms with Gasteiger partial charge in [-0.3, -0.25) is 14.4 Å². The van der Waals surface area contributed by atoms with Crippen LogP contribution < -0.4 is 26.7 Å². The number of aromatic nitrogens is 2. The first kappa shape index (κ1) is 21.3. The molecule has 9 heteroatoms. The fourth-order valence-electron chi connectivity index (χ4n) is 4.63. The largest absolute Gasteiger partial charge is 0.496 e. The van der Waals surface area contributed by atoms with Crippen LogP contribution in [-0.4, -0.2) is 40.6 Å².